The molecule has 2 heterocycles. The number of hydrogen-bond acceptors (Lipinski definition) is 1. The lowest BCUT2D eigenvalue weighted by Gasteiger charge is -2.19. The summed E-state index contributed by atoms with van der Waals surface area (Å²) in [7, 11) is 0. The van der Waals surface area contributed by atoms with Gasteiger partial charge in [-0.15, -0.1) is 0 Å². The number of aromatic nitrogens is 3. The molecule has 0 saturated carbocycles. The molecule has 0 bridgehead atoms. The van der Waals surface area contributed by atoms with Gasteiger partial charge in [0.1, 0.15) is 0 Å². The van der Waals surface area contributed by atoms with Gasteiger partial charge in [-0.3, -0.25) is 8.97 Å². The lowest BCUT2D eigenvalue weighted by atomic mass is 9.85. The van der Waals surface area contributed by atoms with Gasteiger partial charge in [0.05, 0.1) is 22.1 Å². The average Bonchev–Trinajstić information content (AvgIpc) is 3.45. The van der Waals surface area contributed by atoms with Crippen molar-refractivity contribution in [2.24, 2.45) is 0 Å². The van der Waals surface area contributed by atoms with Gasteiger partial charge < -0.3 is 0 Å². The van der Waals surface area contributed by atoms with Crippen LogP contribution >= 0.6 is 0 Å². The van der Waals surface area contributed by atoms with Crippen LogP contribution in [0.2, 0.25) is 0 Å². The van der Waals surface area contributed by atoms with Gasteiger partial charge in [-0.2, -0.15) is 0 Å². The van der Waals surface area contributed by atoms with Gasteiger partial charge in [0.2, 0.25) is 5.78 Å². The topological polar surface area (TPSA) is 22.2 Å². The van der Waals surface area contributed by atoms with Crippen LogP contribution in [-0.2, 0) is 0 Å². The second kappa shape index (κ2) is 8.00. The molecule has 0 atom stereocenters. The van der Waals surface area contributed by atoms with E-state index in [1.165, 1.54) is 16.7 Å². The van der Waals surface area contributed by atoms with E-state index in [1.54, 1.807) is 0 Å². The van der Waals surface area contributed by atoms with E-state index in [2.05, 4.69) is 136 Å². The van der Waals surface area contributed by atoms with Crippen molar-refractivity contribution in [3.63, 3.8) is 0 Å². The van der Waals surface area contributed by atoms with Crippen molar-refractivity contribution in [2.45, 2.75) is 5.92 Å². The third-order valence-corrected chi connectivity index (χ3v) is 6.86. The highest BCUT2D eigenvalue weighted by molar-refractivity contribution is 5.92. The van der Waals surface area contributed by atoms with E-state index in [0.29, 0.717) is 0 Å². The summed E-state index contributed by atoms with van der Waals surface area (Å²) in [4.78, 5) is 5.01. The third kappa shape index (κ3) is 3.17. The first kappa shape index (κ1) is 19.8. The maximum absolute atomic E-state index is 5.01. The Kier molecular flexibility index (Phi) is 4.52. The van der Waals surface area contributed by atoms with E-state index >= 15 is 0 Å². The summed E-state index contributed by atoms with van der Waals surface area (Å²) in [6.45, 7) is 0. The molecule has 0 radical (unpaired) electrons. The Morgan fingerprint density at radius 1 is 0.457 bits per heavy atom. The smallest absolute Gasteiger partial charge is 0.220 e. The molecular formula is C32H23N3. The number of para-hydroxylation sites is 4. The quantitative estimate of drug-likeness (QED) is 0.254. The average molecular weight is 450 g/mol. The predicted molar refractivity (Wildman–Crippen MR) is 143 cm³/mol. The van der Waals surface area contributed by atoms with Crippen molar-refractivity contribution in [3.8, 4) is 5.69 Å². The monoisotopic (exact) mass is 449 g/mol. The van der Waals surface area contributed by atoms with E-state index < -0.39 is 0 Å². The highest BCUT2D eigenvalue weighted by Crippen LogP contribution is 2.34. The Bertz CT molecular complexity index is 1740. The summed E-state index contributed by atoms with van der Waals surface area (Å²) in [6, 6.07) is 47.3. The van der Waals surface area contributed by atoms with Gasteiger partial charge in [-0.1, -0.05) is 97.1 Å². The van der Waals surface area contributed by atoms with Gasteiger partial charge in [0.15, 0.2) is 0 Å². The number of fused-ring (bicyclic) bond motifs is 5. The van der Waals surface area contributed by atoms with E-state index in [4.69, 9.17) is 4.98 Å². The van der Waals surface area contributed by atoms with Crippen LogP contribution in [0.1, 0.15) is 22.6 Å². The van der Waals surface area contributed by atoms with Crippen LogP contribution in [0.25, 0.3) is 33.5 Å². The number of rotatable bonds is 4. The van der Waals surface area contributed by atoms with Crippen molar-refractivity contribution >= 4 is 27.8 Å². The largest absolute Gasteiger partial charge is 0.278 e. The zero-order valence-electron chi connectivity index (χ0n) is 19.1. The number of benzene rings is 5. The van der Waals surface area contributed by atoms with Crippen molar-refractivity contribution in [1.82, 2.24) is 14.0 Å². The number of imidazole rings is 2. The Labute approximate surface area is 203 Å². The number of nitrogens with zero attached hydrogens (tertiary/aromatic N) is 3. The summed E-state index contributed by atoms with van der Waals surface area (Å²) in [6.07, 6.45) is 0. The lowest BCUT2D eigenvalue weighted by molar-refractivity contribution is 0.974. The molecule has 7 aromatic rings. The number of hydrogen-bond donors (Lipinski definition) is 0. The van der Waals surface area contributed by atoms with Crippen molar-refractivity contribution in [2.75, 3.05) is 0 Å². The van der Waals surface area contributed by atoms with Gasteiger partial charge in [0, 0.05) is 11.6 Å². The summed E-state index contributed by atoms with van der Waals surface area (Å²) in [5, 5.41) is 0. The minimum atomic E-state index is 0.182. The molecule has 0 aliphatic carbocycles. The first-order valence-electron chi connectivity index (χ1n) is 12.0. The molecule has 3 heteroatoms. The van der Waals surface area contributed by atoms with E-state index in [-0.39, 0.29) is 5.92 Å². The van der Waals surface area contributed by atoms with Crippen LogP contribution in [0.15, 0.2) is 133 Å². The molecule has 0 N–H and O–H groups in total. The van der Waals surface area contributed by atoms with Crippen LogP contribution < -0.4 is 0 Å². The fourth-order valence-electron chi connectivity index (χ4n) is 5.29. The Morgan fingerprint density at radius 2 is 0.971 bits per heavy atom. The Morgan fingerprint density at radius 3 is 1.63 bits per heavy atom. The fourth-order valence-corrected chi connectivity index (χ4v) is 5.29. The van der Waals surface area contributed by atoms with Gasteiger partial charge in [0.25, 0.3) is 0 Å². The maximum Gasteiger partial charge on any atom is 0.220 e. The molecule has 0 amide bonds. The van der Waals surface area contributed by atoms with Crippen molar-refractivity contribution < 1.29 is 0 Å². The molecular weight excluding hydrogens is 426 g/mol. The molecule has 5 aromatic carbocycles. The van der Waals surface area contributed by atoms with E-state index in [9.17, 15) is 0 Å². The minimum absolute atomic E-state index is 0.182. The SMILES string of the molecule is c1ccc(C(c2ccccc2)c2ccc(-n3c4ccccc4n4c5ccccc5nc34)cc2)cc1. The summed E-state index contributed by atoms with van der Waals surface area (Å²) in [5.41, 5.74) is 9.40. The standard InChI is InChI=1S/C32H23N3/c1-3-11-23(12-4-1)31(24-13-5-2-6-14-24)25-19-21-26(22-20-25)34-29-17-9-10-18-30(29)35-28-16-8-7-15-27(28)33-32(34)35/h1-22,31H. The second-order valence-corrected chi connectivity index (χ2v) is 8.91. The normalized spacial score (nSPS) is 11.7. The molecule has 2 aromatic heterocycles. The Hall–Kier alpha value is -4.63. The van der Waals surface area contributed by atoms with Crippen LogP contribution in [-0.4, -0.2) is 14.0 Å². The molecule has 3 nitrogen and oxygen atoms in total. The highest BCUT2D eigenvalue weighted by Gasteiger charge is 2.19. The third-order valence-electron chi connectivity index (χ3n) is 6.86. The summed E-state index contributed by atoms with van der Waals surface area (Å²) < 4.78 is 4.52. The fraction of sp³-hybridized carbons (Fsp3) is 0.0312. The molecule has 166 valence electrons. The maximum atomic E-state index is 5.01. The zero-order chi connectivity index (χ0) is 23.2. The van der Waals surface area contributed by atoms with Gasteiger partial charge in [-0.25, -0.2) is 4.98 Å². The van der Waals surface area contributed by atoms with Crippen LogP contribution in [0.5, 0.6) is 0 Å². The van der Waals surface area contributed by atoms with Crippen LogP contribution in [0, 0.1) is 0 Å². The second-order valence-electron chi connectivity index (χ2n) is 8.91. The predicted octanol–water partition coefficient (Wildman–Crippen LogP) is 7.61. The molecule has 35 heavy (non-hydrogen) atoms. The molecule has 7 rings (SSSR count). The van der Waals surface area contributed by atoms with E-state index in [0.717, 1.165) is 33.5 Å². The molecule has 0 aliphatic rings. The lowest BCUT2D eigenvalue weighted by Crippen LogP contribution is -2.04. The van der Waals surface area contributed by atoms with Gasteiger partial charge in [-0.05, 0) is 53.1 Å². The Balaban J connectivity index is 1.41. The molecule has 0 spiro atoms. The van der Waals surface area contributed by atoms with Crippen molar-refractivity contribution in [1.29, 1.82) is 0 Å². The first-order valence-corrected chi connectivity index (χ1v) is 12.0. The van der Waals surface area contributed by atoms with Crippen molar-refractivity contribution in [3.05, 3.63) is 150 Å². The summed E-state index contributed by atoms with van der Waals surface area (Å²) >= 11 is 0. The summed E-state index contributed by atoms with van der Waals surface area (Å²) in [5.74, 6) is 1.12. The molecule has 0 unspecified atom stereocenters. The van der Waals surface area contributed by atoms with Gasteiger partial charge >= 0.3 is 0 Å². The highest BCUT2D eigenvalue weighted by atomic mass is 15.2. The molecule has 0 saturated heterocycles. The minimum Gasteiger partial charge on any atom is -0.278 e. The first-order chi connectivity index (χ1) is 17.4. The zero-order valence-corrected chi connectivity index (χ0v) is 19.1. The molecule has 0 fully saturated rings. The van der Waals surface area contributed by atoms with Crippen LogP contribution in [0.3, 0.4) is 0 Å². The molecule has 0 aliphatic heterocycles. The van der Waals surface area contributed by atoms with Crippen LogP contribution in [0.4, 0.5) is 0 Å². The van der Waals surface area contributed by atoms with E-state index in [1.807, 2.05) is 6.07 Å².